The fourth-order valence-corrected chi connectivity index (χ4v) is 3.09. The molecule has 0 fully saturated rings. The van der Waals surface area contributed by atoms with Gasteiger partial charge in [-0.1, -0.05) is 13.8 Å². The molecule has 0 radical (unpaired) electrons. The minimum atomic E-state index is -1.33. The Hall–Kier alpha value is -4.17. The first-order valence-electron chi connectivity index (χ1n) is 11.7. The van der Waals surface area contributed by atoms with E-state index < -0.39 is 41.8 Å². The molecule has 0 aliphatic rings. The number of aliphatic imine (C=N–C) groups is 2. The van der Waals surface area contributed by atoms with E-state index >= 15 is 0 Å². The van der Waals surface area contributed by atoms with Crippen molar-refractivity contribution in [3.8, 4) is 0 Å². The fourth-order valence-electron chi connectivity index (χ4n) is 3.09. The van der Waals surface area contributed by atoms with Crippen molar-refractivity contribution in [2.45, 2.75) is 64.1 Å². The highest BCUT2D eigenvalue weighted by atomic mass is 16.4. The number of rotatable bonds is 18. The van der Waals surface area contributed by atoms with E-state index in [-0.39, 0.29) is 50.2 Å². The largest absolute Gasteiger partial charge is 0.478 e. The van der Waals surface area contributed by atoms with Crippen LogP contribution < -0.4 is 38.9 Å². The third kappa shape index (κ3) is 17.0. The summed E-state index contributed by atoms with van der Waals surface area (Å²) in [4.78, 5) is 67.8. The molecule has 0 unspecified atom stereocenters. The Labute approximate surface area is 215 Å². The number of nitrogens with zero attached hydrogens (tertiary/aromatic N) is 2. The van der Waals surface area contributed by atoms with Crippen LogP contribution >= 0.6 is 0 Å². The Morgan fingerprint density at radius 2 is 1.35 bits per heavy atom. The summed E-state index contributed by atoms with van der Waals surface area (Å²) in [6, 6.07) is -2.92. The molecule has 0 spiro atoms. The smallest absolute Gasteiger partial charge is 0.328 e. The molecule has 3 atom stereocenters. The maximum Gasteiger partial charge on any atom is 0.328 e. The zero-order chi connectivity index (χ0) is 28.4. The van der Waals surface area contributed by atoms with Crippen LogP contribution in [0.5, 0.6) is 0 Å². The van der Waals surface area contributed by atoms with Gasteiger partial charge in [-0.2, -0.15) is 0 Å². The number of nitrogens with two attached hydrogens (primary N) is 4. The first-order chi connectivity index (χ1) is 17.3. The summed E-state index contributed by atoms with van der Waals surface area (Å²) >= 11 is 0. The third-order valence-electron chi connectivity index (χ3n) is 4.76. The van der Waals surface area contributed by atoms with Gasteiger partial charge in [0.2, 0.25) is 17.7 Å². The Bertz CT molecular complexity index is 865. The molecule has 0 bridgehead atoms. The Morgan fingerprint density at radius 3 is 1.84 bits per heavy atom. The van der Waals surface area contributed by atoms with Crippen molar-refractivity contribution >= 4 is 41.9 Å². The van der Waals surface area contributed by atoms with Crippen LogP contribution in [0.1, 0.15) is 46.0 Å². The highest BCUT2D eigenvalue weighted by molar-refractivity contribution is 5.97. The van der Waals surface area contributed by atoms with Gasteiger partial charge in [0.25, 0.3) is 0 Å². The number of carbonyl (C=O) groups is 5. The predicted molar refractivity (Wildman–Crippen MR) is 138 cm³/mol. The van der Waals surface area contributed by atoms with Gasteiger partial charge in [-0.3, -0.25) is 24.4 Å². The van der Waals surface area contributed by atoms with Gasteiger partial charge in [-0.05, 0) is 38.0 Å². The van der Waals surface area contributed by atoms with Gasteiger partial charge in [0.1, 0.15) is 18.4 Å². The first-order valence-corrected chi connectivity index (χ1v) is 11.7. The molecule has 0 aromatic carbocycles. The van der Waals surface area contributed by atoms with E-state index in [1.807, 2.05) is 13.8 Å². The summed E-state index contributed by atoms with van der Waals surface area (Å²) < 4.78 is 0. The van der Waals surface area contributed by atoms with E-state index in [4.69, 9.17) is 28.0 Å². The Kier molecular flexibility index (Phi) is 16.1. The topological polar surface area (TPSA) is 270 Å². The number of nitrogens with one attached hydrogen (secondary N) is 3. The van der Waals surface area contributed by atoms with E-state index in [0.29, 0.717) is 25.2 Å². The molecule has 15 nitrogen and oxygen atoms in total. The minimum absolute atomic E-state index is 0.000931. The number of carboxylic acids is 1. The van der Waals surface area contributed by atoms with E-state index in [9.17, 15) is 24.0 Å². The monoisotopic (exact) mass is 525 g/mol. The molecule has 0 aromatic rings. The number of carboxylic acid groups (broad SMARTS) is 1. The number of aliphatic carboxylic acids is 1. The zero-order valence-electron chi connectivity index (χ0n) is 21.2. The highest BCUT2D eigenvalue weighted by Crippen LogP contribution is 2.08. The van der Waals surface area contributed by atoms with Crippen molar-refractivity contribution in [1.82, 2.24) is 16.0 Å². The van der Waals surface area contributed by atoms with Gasteiger partial charge in [0, 0.05) is 25.2 Å². The standard InChI is InChI=1S/C22H39N9O6/c1-13(2)11-16(20(37)29-14(12-32)5-3-9-27-21(23)24)31-19(36)15(6-4-10-28-22(25)26)30-17(33)7-8-18(34)35/h7-8,12-16H,3-6,9-11H2,1-2H3,(H,29,37)(H,30,33)(H,31,36)(H,34,35)(H4,23,24,27)(H4,25,26,28)/b8-7+/t14-,15-,16-/m0/s1. The van der Waals surface area contributed by atoms with Crippen molar-refractivity contribution in [1.29, 1.82) is 0 Å². The lowest BCUT2D eigenvalue weighted by atomic mass is 10.0. The van der Waals surface area contributed by atoms with Gasteiger partial charge < -0.3 is 48.8 Å². The molecule has 0 aliphatic heterocycles. The Balaban J connectivity index is 5.44. The fraction of sp³-hybridized carbons (Fsp3) is 0.591. The van der Waals surface area contributed by atoms with Gasteiger partial charge in [0.15, 0.2) is 11.9 Å². The molecule has 0 saturated carbocycles. The number of carbonyl (C=O) groups excluding carboxylic acids is 4. The second kappa shape index (κ2) is 18.1. The van der Waals surface area contributed by atoms with E-state index in [0.717, 1.165) is 6.08 Å². The quantitative estimate of drug-likeness (QED) is 0.0304. The van der Waals surface area contributed by atoms with Crippen LogP contribution in [0.4, 0.5) is 0 Å². The SMILES string of the molecule is CC(C)C[C@H](NC(=O)[C@H](CCCN=C(N)N)NC(=O)/C=C/C(=O)O)C(=O)N[C@H](C=O)CCCN=C(N)N. The molecule has 0 saturated heterocycles. The lowest BCUT2D eigenvalue weighted by Gasteiger charge is -2.25. The number of aldehydes is 1. The van der Waals surface area contributed by atoms with Crippen LogP contribution in [-0.2, 0) is 24.0 Å². The summed E-state index contributed by atoms with van der Waals surface area (Å²) in [6.07, 6.45) is 3.38. The average Bonchev–Trinajstić information content (AvgIpc) is 2.80. The van der Waals surface area contributed by atoms with Crippen molar-refractivity contribution in [2.75, 3.05) is 13.1 Å². The summed E-state index contributed by atoms with van der Waals surface area (Å²) in [6.45, 7) is 4.17. The van der Waals surface area contributed by atoms with Gasteiger partial charge in [-0.15, -0.1) is 0 Å². The third-order valence-corrected chi connectivity index (χ3v) is 4.76. The molecule has 0 aromatic heterocycles. The number of amides is 3. The van der Waals surface area contributed by atoms with Crippen molar-refractivity contribution in [3.63, 3.8) is 0 Å². The summed E-state index contributed by atoms with van der Waals surface area (Å²) in [7, 11) is 0. The summed E-state index contributed by atoms with van der Waals surface area (Å²) in [5, 5.41) is 16.3. The van der Waals surface area contributed by atoms with Crippen LogP contribution in [0, 0.1) is 5.92 Å². The molecular formula is C22H39N9O6. The second-order valence-electron chi connectivity index (χ2n) is 8.57. The van der Waals surface area contributed by atoms with Crippen molar-refractivity contribution in [3.05, 3.63) is 12.2 Å². The molecule has 208 valence electrons. The normalized spacial score (nSPS) is 13.2. The summed E-state index contributed by atoms with van der Waals surface area (Å²) in [5.74, 6) is -3.59. The second-order valence-corrected chi connectivity index (χ2v) is 8.57. The average molecular weight is 526 g/mol. The Morgan fingerprint density at radius 1 is 0.811 bits per heavy atom. The van der Waals surface area contributed by atoms with Crippen LogP contribution in [0.25, 0.3) is 0 Å². The van der Waals surface area contributed by atoms with Crippen LogP contribution in [0.2, 0.25) is 0 Å². The number of guanidine groups is 2. The maximum absolute atomic E-state index is 13.0. The van der Waals surface area contributed by atoms with Gasteiger partial charge in [-0.25, -0.2) is 4.79 Å². The molecule has 15 heteroatoms. The minimum Gasteiger partial charge on any atom is -0.478 e. The van der Waals surface area contributed by atoms with Crippen LogP contribution in [0.15, 0.2) is 22.1 Å². The van der Waals surface area contributed by atoms with Crippen LogP contribution in [0.3, 0.4) is 0 Å². The van der Waals surface area contributed by atoms with Crippen molar-refractivity contribution < 1.29 is 29.1 Å². The molecule has 0 rings (SSSR count). The molecule has 3 amide bonds. The lowest BCUT2D eigenvalue weighted by molar-refractivity contribution is -0.132. The molecular weight excluding hydrogens is 486 g/mol. The first kappa shape index (κ1) is 32.8. The number of hydrogen-bond donors (Lipinski definition) is 8. The van der Waals surface area contributed by atoms with Crippen molar-refractivity contribution in [2.24, 2.45) is 38.8 Å². The molecule has 37 heavy (non-hydrogen) atoms. The van der Waals surface area contributed by atoms with Gasteiger partial charge in [0.05, 0.1) is 6.04 Å². The van der Waals surface area contributed by atoms with Gasteiger partial charge >= 0.3 is 5.97 Å². The highest BCUT2D eigenvalue weighted by Gasteiger charge is 2.28. The molecule has 0 heterocycles. The van der Waals surface area contributed by atoms with Crippen LogP contribution in [-0.4, -0.2) is 78.2 Å². The zero-order valence-corrected chi connectivity index (χ0v) is 21.2. The summed E-state index contributed by atoms with van der Waals surface area (Å²) in [5.41, 5.74) is 21.1. The van der Waals surface area contributed by atoms with E-state index in [2.05, 4.69) is 25.9 Å². The molecule has 0 aliphatic carbocycles. The lowest BCUT2D eigenvalue weighted by Crippen LogP contribution is -2.55. The predicted octanol–water partition coefficient (Wildman–Crippen LogP) is -2.57. The van der Waals surface area contributed by atoms with E-state index in [1.165, 1.54) is 0 Å². The van der Waals surface area contributed by atoms with E-state index in [1.54, 1.807) is 0 Å². The molecule has 12 N–H and O–H groups in total. The maximum atomic E-state index is 13.0. The number of hydrogen-bond acceptors (Lipinski definition) is 7.